The Morgan fingerprint density at radius 1 is 1.33 bits per heavy atom. The minimum atomic E-state index is -0.805. The van der Waals surface area contributed by atoms with Gasteiger partial charge in [0, 0.05) is 11.1 Å². The Bertz CT molecular complexity index is 1370. The van der Waals surface area contributed by atoms with E-state index in [1.54, 1.807) is 30.5 Å². The number of nitrogen functional groups attached to an aromatic ring is 2. The summed E-state index contributed by atoms with van der Waals surface area (Å²) in [6.45, 7) is -0.116. The van der Waals surface area contributed by atoms with Gasteiger partial charge in [-0.3, -0.25) is 15.4 Å². The first-order valence-electron chi connectivity index (χ1n) is 9.30. The van der Waals surface area contributed by atoms with Crippen molar-refractivity contribution in [2.45, 2.75) is 12.8 Å². The Kier molecular flexibility index (Phi) is 5.32. The van der Waals surface area contributed by atoms with Gasteiger partial charge in [-0.05, 0) is 6.07 Å². The van der Waals surface area contributed by atoms with Crippen molar-refractivity contribution in [3.05, 3.63) is 63.5 Å². The summed E-state index contributed by atoms with van der Waals surface area (Å²) >= 11 is 0. The molecule has 0 aliphatic carbocycles. The van der Waals surface area contributed by atoms with Crippen LogP contribution in [0.4, 0.5) is 23.0 Å². The van der Waals surface area contributed by atoms with Gasteiger partial charge in [0.15, 0.2) is 12.9 Å². The van der Waals surface area contributed by atoms with Gasteiger partial charge in [0.1, 0.15) is 47.5 Å². The molecular formula is C19H15N11O3. The maximum atomic E-state index is 10.9. The van der Waals surface area contributed by atoms with E-state index in [1.165, 1.54) is 10.9 Å². The van der Waals surface area contributed by atoms with Crippen LogP contribution in [0, 0.1) is 32.9 Å². The first-order valence-corrected chi connectivity index (χ1v) is 9.30. The van der Waals surface area contributed by atoms with Gasteiger partial charge in [-0.25, -0.2) is 14.7 Å². The van der Waals surface area contributed by atoms with Crippen LogP contribution in [0.25, 0.3) is 0 Å². The Hall–Kier alpha value is -5.37. The summed E-state index contributed by atoms with van der Waals surface area (Å²) in [4.78, 5) is 19.0. The maximum absolute atomic E-state index is 10.9. The number of pyridine rings is 1. The molecule has 3 aromatic rings. The number of benzene rings is 1. The number of nitrogens with two attached hydrogens (primary N) is 2. The SMILES string of the molecule is N#CNC1=NC(c2ccccc2OCn2cc([N+](=O)[O-])cn2)c2c(nc(N)c(C#N)c2N)N1. The number of rotatable bonds is 5. The van der Waals surface area contributed by atoms with Gasteiger partial charge in [-0.2, -0.15) is 15.6 Å². The van der Waals surface area contributed by atoms with Gasteiger partial charge >= 0.3 is 5.69 Å². The summed E-state index contributed by atoms with van der Waals surface area (Å²) in [5, 5.41) is 38.5. The molecule has 0 saturated carbocycles. The molecule has 164 valence electrons. The number of para-hydroxylation sites is 1. The highest BCUT2D eigenvalue weighted by atomic mass is 16.6. The lowest BCUT2D eigenvalue weighted by Crippen LogP contribution is -2.33. The molecule has 6 N–H and O–H groups in total. The fourth-order valence-electron chi connectivity index (χ4n) is 3.30. The summed E-state index contributed by atoms with van der Waals surface area (Å²) in [5.41, 5.74) is 13.0. The molecule has 0 amide bonds. The predicted octanol–water partition coefficient (Wildman–Crippen LogP) is 1.20. The van der Waals surface area contributed by atoms with Crippen molar-refractivity contribution in [1.29, 1.82) is 10.5 Å². The van der Waals surface area contributed by atoms with Crippen LogP contribution in [-0.2, 0) is 6.73 Å². The van der Waals surface area contributed by atoms with Crippen molar-refractivity contribution >= 4 is 29.0 Å². The number of fused-ring (bicyclic) bond motifs is 1. The zero-order chi connectivity index (χ0) is 23.5. The summed E-state index contributed by atoms with van der Waals surface area (Å²) in [7, 11) is 0. The molecule has 0 fully saturated rings. The molecule has 0 saturated heterocycles. The Balaban J connectivity index is 1.76. The maximum Gasteiger partial charge on any atom is 0.307 e. The zero-order valence-electron chi connectivity index (χ0n) is 16.8. The predicted molar refractivity (Wildman–Crippen MR) is 115 cm³/mol. The van der Waals surface area contributed by atoms with Crippen LogP contribution in [0.15, 0.2) is 41.7 Å². The van der Waals surface area contributed by atoms with Crippen molar-refractivity contribution in [3.63, 3.8) is 0 Å². The number of nitro groups is 1. The summed E-state index contributed by atoms with van der Waals surface area (Å²) < 4.78 is 7.12. The standard InChI is InChI=1S/C19H15N11O3/c20-5-12-15(22)14-16(26-19(24-8-21)28-18(14)27-17(12)23)11-3-1-2-4-13(11)33-9-29-7-10(6-25-29)30(31)32/h1-4,6-7,16H,9H2,(H6,22,23,24,26,27,28). The van der Waals surface area contributed by atoms with E-state index < -0.39 is 11.0 Å². The molecule has 0 spiro atoms. The summed E-state index contributed by atoms with van der Waals surface area (Å²) in [6.07, 6.45) is 4.13. The van der Waals surface area contributed by atoms with Gasteiger partial charge in [-0.15, -0.1) is 0 Å². The van der Waals surface area contributed by atoms with Gasteiger partial charge in [-0.1, -0.05) is 18.2 Å². The number of hydrogen-bond acceptors (Lipinski definition) is 12. The van der Waals surface area contributed by atoms with Crippen LogP contribution in [0.3, 0.4) is 0 Å². The Morgan fingerprint density at radius 3 is 2.82 bits per heavy atom. The van der Waals surface area contributed by atoms with E-state index in [9.17, 15) is 15.4 Å². The highest BCUT2D eigenvalue weighted by Crippen LogP contribution is 2.43. The summed E-state index contributed by atoms with van der Waals surface area (Å²) in [6, 6.07) is 8.03. The third-order valence-electron chi connectivity index (χ3n) is 4.75. The van der Waals surface area contributed by atoms with Crippen molar-refractivity contribution in [2.24, 2.45) is 4.99 Å². The van der Waals surface area contributed by atoms with Crippen LogP contribution < -0.4 is 26.8 Å². The monoisotopic (exact) mass is 445 g/mol. The van der Waals surface area contributed by atoms with Gasteiger partial charge in [0.2, 0.25) is 5.96 Å². The number of aliphatic imine (C=N–C) groups is 1. The second-order valence-electron chi connectivity index (χ2n) is 6.71. The van der Waals surface area contributed by atoms with Crippen LogP contribution in [-0.4, -0.2) is 25.6 Å². The second-order valence-corrected chi connectivity index (χ2v) is 6.71. The van der Waals surface area contributed by atoms with Gasteiger partial charge in [0.25, 0.3) is 0 Å². The van der Waals surface area contributed by atoms with E-state index in [0.717, 1.165) is 6.20 Å². The number of guanidine groups is 1. The average Bonchev–Trinajstić information content (AvgIpc) is 3.27. The third kappa shape index (κ3) is 3.87. The van der Waals surface area contributed by atoms with Crippen molar-refractivity contribution in [3.8, 4) is 18.0 Å². The first-order chi connectivity index (χ1) is 15.9. The van der Waals surface area contributed by atoms with E-state index in [-0.39, 0.29) is 41.3 Å². The first kappa shape index (κ1) is 20.9. The van der Waals surface area contributed by atoms with Crippen LogP contribution in [0.1, 0.15) is 22.7 Å². The minimum absolute atomic E-state index is 0.00897. The van der Waals surface area contributed by atoms with E-state index in [0.29, 0.717) is 16.9 Å². The highest BCUT2D eigenvalue weighted by molar-refractivity contribution is 5.98. The minimum Gasteiger partial charge on any atom is -0.471 e. The molecule has 0 radical (unpaired) electrons. The lowest BCUT2D eigenvalue weighted by Gasteiger charge is -2.27. The summed E-state index contributed by atoms with van der Waals surface area (Å²) in [5.74, 6) is 0.647. The molecule has 1 aromatic carbocycles. The fraction of sp³-hybridized carbons (Fsp3) is 0.105. The smallest absolute Gasteiger partial charge is 0.307 e. The zero-order valence-corrected chi connectivity index (χ0v) is 16.8. The van der Waals surface area contributed by atoms with E-state index in [1.807, 2.05) is 6.07 Å². The quantitative estimate of drug-likeness (QED) is 0.189. The molecule has 1 atom stereocenters. The third-order valence-corrected chi connectivity index (χ3v) is 4.75. The average molecular weight is 445 g/mol. The molecule has 4 rings (SSSR count). The number of anilines is 3. The Morgan fingerprint density at radius 2 is 2.12 bits per heavy atom. The molecule has 33 heavy (non-hydrogen) atoms. The number of aromatic nitrogens is 3. The van der Waals surface area contributed by atoms with E-state index in [2.05, 4.69) is 25.7 Å². The van der Waals surface area contributed by atoms with Crippen LogP contribution in [0.5, 0.6) is 5.75 Å². The topological polar surface area (TPSA) is 219 Å². The van der Waals surface area contributed by atoms with Crippen molar-refractivity contribution in [1.82, 2.24) is 20.1 Å². The highest BCUT2D eigenvalue weighted by Gasteiger charge is 2.31. The largest absolute Gasteiger partial charge is 0.471 e. The van der Waals surface area contributed by atoms with Crippen LogP contribution in [0.2, 0.25) is 0 Å². The lowest BCUT2D eigenvalue weighted by molar-refractivity contribution is -0.385. The molecular weight excluding hydrogens is 430 g/mol. The fourth-order valence-corrected chi connectivity index (χ4v) is 3.30. The molecule has 2 aromatic heterocycles. The molecule has 14 heteroatoms. The molecule has 1 unspecified atom stereocenters. The number of nitriles is 2. The van der Waals surface area contributed by atoms with Crippen molar-refractivity contribution < 1.29 is 9.66 Å². The van der Waals surface area contributed by atoms with Gasteiger partial charge < -0.3 is 21.5 Å². The number of ether oxygens (including phenoxy) is 1. The molecule has 3 heterocycles. The Labute approximate surface area is 185 Å². The number of hydrogen-bond donors (Lipinski definition) is 4. The molecule has 1 aliphatic heterocycles. The number of nitrogens with one attached hydrogen (secondary N) is 2. The van der Waals surface area contributed by atoms with E-state index >= 15 is 0 Å². The molecule has 14 nitrogen and oxygen atoms in total. The second kappa shape index (κ2) is 8.40. The normalized spacial score (nSPS) is 14.1. The van der Waals surface area contributed by atoms with Crippen molar-refractivity contribution in [2.75, 3.05) is 16.8 Å². The molecule has 1 aliphatic rings. The van der Waals surface area contributed by atoms with Crippen LogP contribution >= 0.6 is 0 Å². The number of nitrogens with zero attached hydrogens (tertiary/aromatic N) is 7. The van der Waals surface area contributed by atoms with E-state index in [4.69, 9.17) is 21.5 Å². The lowest BCUT2D eigenvalue weighted by atomic mass is 9.94. The molecule has 0 bridgehead atoms. The van der Waals surface area contributed by atoms with Gasteiger partial charge in [0.05, 0.1) is 10.6 Å².